The molecule has 0 saturated heterocycles. The lowest BCUT2D eigenvalue weighted by atomic mass is 9.97. The molecule has 1 N–H and O–H groups in total. The number of para-hydroxylation sites is 1. The van der Waals surface area contributed by atoms with Gasteiger partial charge in [0, 0.05) is 18.7 Å². The van der Waals surface area contributed by atoms with Crippen molar-refractivity contribution in [1.29, 1.82) is 0 Å². The van der Waals surface area contributed by atoms with E-state index < -0.39 is 4.92 Å². The Morgan fingerprint density at radius 3 is 2.71 bits per heavy atom. The van der Waals surface area contributed by atoms with Crippen LogP contribution < -0.4 is 5.32 Å². The lowest BCUT2D eigenvalue weighted by Crippen LogP contribution is -2.19. The normalized spacial score (nSPS) is 11.8. The molecule has 0 aliphatic rings. The van der Waals surface area contributed by atoms with Crippen LogP contribution in [0.4, 0.5) is 11.5 Å². The second-order valence-electron chi connectivity index (χ2n) is 7.74. The van der Waals surface area contributed by atoms with Gasteiger partial charge in [-0.3, -0.25) is 10.1 Å². The van der Waals surface area contributed by atoms with Crippen LogP contribution in [0.2, 0.25) is 0 Å². The number of nitro groups is 1. The van der Waals surface area contributed by atoms with Gasteiger partial charge in [0.15, 0.2) is 0 Å². The fraction of sp³-hybridized carbons (Fsp3) is 0.263. The molecule has 0 fully saturated rings. The molecule has 142 valence electrons. The van der Waals surface area contributed by atoms with Gasteiger partial charge < -0.3 is 5.32 Å². The standard InChI is InChI=1S/C19H19N7O2/c1-19(2,3)10-20-18-13-8-12(26(27)28)9-16(17(13)21-11-22-18)25-15-7-5-4-6-14(15)23-24-25/h4-9,11H,10H2,1-3H3,(H,20,21,22). The highest BCUT2D eigenvalue weighted by Crippen LogP contribution is 2.31. The number of nitrogens with zero attached hydrogens (tertiary/aromatic N) is 6. The lowest BCUT2D eigenvalue weighted by molar-refractivity contribution is -0.384. The third-order valence-corrected chi connectivity index (χ3v) is 4.28. The van der Waals surface area contributed by atoms with Crippen molar-refractivity contribution in [3.63, 3.8) is 0 Å². The quantitative estimate of drug-likeness (QED) is 0.426. The highest BCUT2D eigenvalue weighted by molar-refractivity contribution is 5.97. The van der Waals surface area contributed by atoms with Crippen LogP contribution in [0.1, 0.15) is 20.8 Å². The van der Waals surface area contributed by atoms with Crippen molar-refractivity contribution < 1.29 is 4.92 Å². The molecular formula is C19H19N7O2. The first kappa shape index (κ1) is 17.8. The third-order valence-electron chi connectivity index (χ3n) is 4.28. The molecule has 0 atom stereocenters. The third kappa shape index (κ3) is 3.22. The molecule has 2 aromatic carbocycles. The monoisotopic (exact) mass is 377 g/mol. The summed E-state index contributed by atoms with van der Waals surface area (Å²) in [6, 6.07) is 10.4. The van der Waals surface area contributed by atoms with Crippen LogP contribution in [0.25, 0.3) is 27.6 Å². The Labute approximate surface area is 160 Å². The molecule has 0 unspecified atom stereocenters. The average molecular weight is 377 g/mol. The first-order chi connectivity index (χ1) is 13.3. The number of non-ortho nitro benzene ring substituents is 1. The molecule has 0 radical (unpaired) electrons. The van der Waals surface area contributed by atoms with Gasteiger partial charge in [0.1, 0.15) is 28.9 Å². The van der Waals surface area contributed by atoms with Crippen molar-refractivity contribution in [2.45, 2.75) is 20.8 Å². The van der Waals surface area contributed by atoms with E-state index >= 15 is 0 Å². The van der Waals surface area contributed by atoms with Gasteiger partial charge in [-0.1, -0.05) is 38.1 Å². The fourth-order valence-corrected chi connectivity index (χ4v) is 2.94. The van der Waals surface area contributed by atoms with Crippen molar-refractivity contribution in [3.8, 4) is 5.69 Å². The zero-order valence-corrected chi connectivity index (χ0v) is 15.7. The number of nitrogens with one attached hydrogen (secondary N) is 1. The Bertz CT molecular complexity index is 1190. The maximum absolute atomic E-state index is 11.6. The highest BCUT2D eigenvalue weighted by Gasteiger charge is 2.20. The van der Waals surface area contributed by atoms with Crippen LogP contribution in [-0.2, 0) is 0 Å². The minimum absolute atomic E-state index is 0.0168. The molecule has 28 heavy (non-hydrogen) atoms. The first-order valence-electron chi connectivity index (χ1n) is 8.81. The van der Waals surface area contributed by atoms with Crippen molar-refractivity contribution >= 4 is 33.4 Å². The number of nitro benzene ring substituents is 1. The van der Waals surface area contributed by atoms with Gasteiger partial charge in [0.05, 0.1) is 15.8 Å². The SMILES string of the molecule is CC(C)(C)CNc1ncnc2c(-n3nnc4ccccc43)cc([N+](=O)[O-])cc12. The summed E-state index contributed by atoms with van der Waals surface area (Å²) in [5.41, 5.74) is 2.44. The second kappa shape index (κ2) is 6.52. The van der Waals surface area contributed by atoms with E-state index in [1.807, 2.05) is 24.3 Å². The van der Waals surface area contributed by atoms with Gasteiger partial charge in [-0.05, 0) is 17.5 Å². The molecule has 0 spiro atoms. The molecule has 4 aromatic rings. The smallest absolute Gasteiger partial charge is 0.272 e. The number of hydrogen-bond acceptors (Lipinski definition) is 7. The number of rotatable bonds is 4. The summed E-state index contributed by atoms with van der Waals surface area (Å²) in [7, 11) is 0. The Morgan fingerprint density at radius 2 is 1.96 bits per heavy atom. The number of fused-ring (bicyclic) bond motifs is 2. The van der Waals surface area contributed by atoms with Gasteiger partial charge >= 0.3 is 0 Å². The van der Waals surface area contributed by atoms with Gasteiger partial charge in [-0.2, -0.15) is 0 Å². The molecule has 0 amide bonds. The van der Waals surface area contributed by atoms with Crippen molar-refractivity contribution in [2.24, 2.45) is 5.41 Å². The topological polar surface area (TPSA) is 112 Å². The van der Waals surface area contributed by atoms with E-state index in [1.54, 1.807) is 4.68 Å². The van der Waals surface area contributed by atoms with E-state index in [1.165, 1.54) is 18.5 Å². The zero-order chi connectivity index (χ0) is 19.9. The van der Waals surface area contributed by atoms with E-state index in [-0.39, 0.29) is 11.1 Å². The Morgan fingerprint density at radius 1 is 1.18 bits per heavy atom. The summed E-state index contributed by atoms with van der Waals surface area (Å²) in [5.74, 6) is 0.550. The molecule has 0 bridgehead atoms. The molecule has 4 rings (SSSR count). The van der Waals surface area contributed by atoms with Gasteiger partial charge in [-0.25, -0.2) is 14.6 Å². The van der Waals surface area contributed by atoms with Crippen molar-refractivity contribution in [2.75, 3.05) is 11.9 Å². The largest absolute Gasteiger partial charge is 0.369 e. The minimum atomic E-state index is -0.428. The molecule has 9 heteroatoms. The van der Waals surface area contributed by atoms with E-state index in [4.69, 9.17) is 0 Å². The van der Waals surface area contributed by atoms with Gasteiger partial charge in [0.2, 0.25) is 0 Å². The number of benzene rings is 2. The van der Waals surface area contributed by atoms with Crippen LogP contribution in [0.3, 0.4) is 0 Å². The number of hydrogen-bond donors (Lipinski definition) is 1. The van der Waals surface area contributed by atoms with Crippen LogP contribution in [0.15, 0.2) is 42.7 Å². The molecule has 0 aliphatic carbocycles. The first-order valence-corrected chi connectivity index (χ1v) is 8.81. The van der Waals surface area contributed by atoms with Crippen LogP contribution in [0.5, 0.6) is 0 Å². The lowest BCUT2D eigenvalue weighted by Gasteiger charge is -2.20. The summed E-state index contributed by atoms with van der Waals surface area (Å²) >= 11 is 0. The highest BCUT2D eigenvalue weighted by atomic mass is 16.6. The number of aromatic nitrogens is 5. The van der Waals surface area contributed by atoms with Crippen LogP contribution >= 0.6 is 0 Å². The molecule has 0 saturated carbocycles. The number of anilines is 1. The molecule has 2 heterocycles. The maximum Gasteiger partial charge on any atom is 0.272 e. The molecule has 9 nitrogen and oxygen atoms in total. The fourth-order valence-electron chi connectivity index (χ4n) is 2.94. The Hall–Kier alpha value is -3.62. The van der Waals surface area contributed by atoms with Crippen molar-refractivity contribution in [3.05, 3.63) is 52.8 Å². The average Bonchev–Trinajstić information content (AvgIpc) is 3.08. The second-order valence-corrected chi connectivity index (χ2v) is 7.74. The Balaban J connectivity index is 1.97. The predicted molar refractivity (Wildman–Crippen MR) is 107 cm³/mol. The van der Waals surface area contributed by atoms with E-state index in [0.29, 0.717) is 34.5 Å². The van der Waals surface area contributed by atoms with Crippen LogP contribution in [-0.4, -0.2) is 36.4 Å². The Kier molecular flexibility index (Phi) is 4.14. The van der Waals surface area contributed by atoms with Gasteiger partial charge in [-0.15, -0.1) is 5.10 Å². The summed E-state index contributed by atoms with van der Waals surface area (Å²) in [6.07, 6.45) is 1.45. The van der Waals surface area contributed by atoms with E-state index in [0.717, 1.165) is 5.52 Å². The summed E-state index contributed by atoms with van der Waals surface area (Å²) in [5, 5.41) is 23.8. The molecular weight excluding hydrogens is 358 g/mol. The maximum atomic E-state index is 11.6. The molecule has 2 aromatic heterocycles. The van der Waals surface area contributed by atoms with Gasteiger partial charge in [0.25, 0.3) is 5.69 Å². The van der Waals surface area contributed by atoms with E-state index in [2.05, 4.69) is 46.4 Å². The van der Waals surface area contributed by atoms with E-state index in [9.17, 15) is 10.1 Å². The predicted octanol–water partition coefficient (Wildman–Crippen LogP) is 3.73. The summed E-state index contributed by atoms with van der Waals surface area (Å²) < 4.78 is 1.57. The minimum Gasteiger partial charge on any atom is -0.369 e. The van der Waals surface area contributed by atoms with Crippen molar-refractivity contribution in [1.82, 2.24) is 25.0 Å². The zero-order valence-electron chi connectivity index (χ0n) is 15.7. The summed E-state index contributed by atoms with van der Waals surface area (Å²) in [6.45, 7) is 6.94. The molecule has 0 aliphatic heterocycles. The summed E-state index contributed by atoms with van der Waals surface area (Å²) in [4.78, 5) is 19.8. The van der Waals surface area contributed by atoms with Crippen LogP contribution in [0, 0.1) is 15.5 Å².